The van der Waals surface area contributed by atoms with Gasteiger partial charge in [-0.1, -0.05) is 23.8 Å². The highest BCUT2D eigenvalue weighted by Crippen LogP contribution is 2.31. The van der Waals surface area contributed by atoms with Crippen LogP contribution in [0.25, 0.3) is 17.3 Å². The quantitative estimate of drug-likeness (QED) is 0.0643. The van der Waals surface area contributed by atoms with Crippen LogP contribution in [0.4, 0.5) is 21.9 Å². The van der Waals surface area contributed by atoms with Crippen molar-refractivity contribution in [3.05, 3.63) is 77.2 Å². The van der Waals surface area contributed by atoms with Crippen molar-refractivity contribution >= 4 is 65.7 Å². The zero-order valence-electron chi connectivity index (χ0n) is 23.2. The average molecular weight is 604 g/mol. The van der Waals surface area contributed by atoms with Crippen molar-refractivity contribution in [2.24, 2.45) is 16.0 Å². The molecule has 0 saturated carbocycles. The monoisotopic (exact) mass is 603 g/mol. The van der Waals surface area contributed by atoms with E-state index in [1.165, 1.54) is 24.5 Å². The van der Waals surface area contributed by atoms with Crippen LogP contribution >= 0.6 is 11.6 Å². The lowest BCUT2D eigenvalue weighted by molar-refractivity contribution is -0.117. The summed E-state index contributed by atoms with van der Waals surface area (Å²) in [6, 6.07) is 9.53. The summed E-state index contributed by atoms with van der Waals surface area (Å²) in [5.74, 6) is 5.97. The predicted molar refractivity (Wildman–Crippen MR) is 168 cm³/mol. The van der Waals surface area contributed by atoms with E-state index >= 15 is 0 Å². The van der Waals surface area contributed by atoms with Gasteiger partial charge in [0.15, 0.2) is 0 Å². The minimum absolute atomic E-state index is 0.199. The van der Waals surface area contributed by atoms with Crippen LogP contribution in [0.3, 0.4) is 0 Å². The highest BCUT2D eigenvalue weighted by Gasteiger charge is 2.19. The van der Waals surface area contributed by atoms with Crippen LogP contribution in [-0.2, 0) is 14.3 Å². The third kappa shape index (κ3) is 8.38. The van der Waals surface area contributed by atoms with E-state index in [0.29, 0.717) is 57.6 Å². The number of carbonyl (C=O) groups excluding carboxylic acids is 3. The number of rotatable bonds is 7. The summed E-state index contributed by atoms with van der Waals surface area (Å²) in [6.45, 7) is 3.28. The Balaban J connectivity index is 1.60. The Morgan fingerprint density at radius 2 is 2.09 bits per heavy atom. The summed E-state index contributed by atoms with van der Waals surface area (Å²) in [5, 5.41) is 17.2. The normalized spacial score (nSPS) is 15.8. The lowest BCUT2D eigenvalue weighted by atomic mass is 10.1. The molecule has 0 aliphatic carbocycles. The molecule has 3 amide bonds. The van der Waals surface area contributed by atoms with Crippen LogP contribution in [0.1, 0.15) is 36.7 Å². The maximum Gasteiger partial charge on any atom is 0.411 e. The van der Waals surface area contributed by atoms with E-state index in [0.717, 1.165) is 0 Å². The number of nitrogens with one attached hydrogen (secondary N) is 4. The minimum atomic E-state index is -0.637. The molecule has 43 heavy (non-hydrogen) atoms. The van der Waals surface area contributed by atoms with Gasteiger partial charge in [-0.3, -0.25) is 19.9 Å². The first-order valence-corrected chi connectivity index (χ1v) is 13.5. The largest absolute Gasteiger partial charge is 0.453 e. The Bertz CT molecular complexity index is 1600. The fourth-order valence-electron chi connectivity index (χ4n) is 4.22. The molecule has 0 saturated heterocycles. The number of hydrogen-bond donors (Lipinski definition) is 5. The van der Waals surface area contributed by atoms with Crippen molar-refractivity contribution in [1.29, 1.82) is 0 Å². The molecule has 0 unspecified atom stereocenters. The number of benzene rings is 2. The molecule has 2 aromatic carbocycles. The number of halogens is 1. The molecule has 1 aliphatic heterocycles. The van der Waals surface area contributed by atoms with Gasteiger partial charge in [0.1, 0.15) is 12.2 Å². The van der Waals surface area contributed by atoms with Gasteiger partial charge in [0.25, 0.3) is 0 Å². The number of imidazole rings is 1. The maximum atomic E-state index is 13.1. The van der Waals surface area contributed by atoms with E-state index in [1.807, 2.05) is 12.2 Å². The molecule has 13 nitrogen and oxygen atoms in total. The van der Waals surface area contributed by atoms with Gasteiger partial charge in [0, 0.05) is 47.2 Å². The van der Waals surface area contributed by atoms with Gasteiger partial charge in [-0.2, -0.15) is 5.10 Å². The molecule has 14 heteroatoms. The summed E-state index contributed by atoms with van der Waals surface area (Å²) in [4.78, 5) is 45.3. The van der Waals surface area contributed by atoms with E-state index in [1.54, 1.807) is 48.7 Å². The minimum Gasteiger partial charge on any atom is -0.453 e. The van der Waals surface area contributed by atoms with Gasteiger partial charge >= 0.3 is 6.09 Å². The molecule has 1 aliphatic rings. The third-order valence-electron chi connectivity index (χ3n) is 6.26. The number of anilines is 3. The van der Waals surface area contributed by atoms with Crippen LogP contribution in [0.15, 0.2) is 71.0 Å². The van der Waals surface area contributed by atoms with Crippen molar-refractivity contribution in [2.45, 2.75) is 25.3 Å². The van der Waals surface area contributed by atoms with Crippen molar-refractivity contribution < 1.29 is 19.1 Å². The van der Waals surface area contributed by atoms with Gasteiger partial charge in [0.2, 0.25) is 11.8 Å². The molecule has 4 rings (SSSR count). The Hall–Kier alpha value is -5.27. The van der Waals surface area contributed by atoms with Crippen LogP contribution in [0.2, 0.25) is 5.02 Å². The van der Waals surface area contributed by atoms with Crippen molar-refractivity contribution in [3.8, 4) is 11.3 Å². The van der Waals surface area contributed by atoms with Gasteiger partial charge < -0.3 is 20.4 Å². The number of carbonyl (C=O) groups is 3. The Kier molecular flexibility index (Phi) is 10.4. The molecule has 0 radical (unpaired) electrons. The molecule has 1 atom stereocenters. The summed E-state index contributed by atoms with van der Waals surface area (Å²) in [5.41, 5.74) is 3.17. The van der Waals surface area contributed by atoms with Crippen LogP contribution in [0, 0.1) is 0 Å². The Morgan fingerprint density at radius 3 is 2.88 bits per heavy atom. The Labute approximate surface area is 252 Å². The van der Waals surface area contributed by atoms with Crippen molar-refractivity contribution in [1.82, 2.24) is 15.3 Å². The van der Waals surface area contributed by atoms with E-state index in [9.17, 15) is 14.4 Å². The first-order chi connectivity index (χ1) is 20.8. The number of fused-ring (bicyclic) bond motifs is 4. The van der Waals surface area contributed by atoms with Gasteiger partial charge in [-0.25, -0.2) is 15.6 Å². The van der Waals surface area contributed by atoms with E-state index in [4.69, 9.17) is 22.4 Å². The second-order valence-corrected chi connectivity index (χ2v) is 9.66. The number of amides is 3. The smallest absolute Gasteiger partial charge is 0.411 e. The highest BCUT2D eigenvalue weighted by atomic mass is 35.5. The second kappa shape index (κ2) is 14.6. The maximum absolute atomic E-state index is 13.1. The lowest BCUT2D eigenvalue weighted by Crippen LogP contribution is -2.29. The molecule has 6 N–H and O–H groups in total. The number of methoxy groups -OCH3 is 1. The zero-order chi connectivity index (χ0) is 30.8. The third-order valence-corrected chi connectivity index (χ3v) is 6.50. The number of ether oxygens (including phenoxy) is 1. The number of hydrogen-bond acceptors (Lipinski definition) is 8. The first kappa shape index (κ1) is 30.7. The van der Waals surface area contributed by atoms with Crippen molar-refractivity contribution in [3.63, 3.8) is 0 Å². The van der Waals surface area contributed by atoms with Gasteiger partial charge in [0.05, 0.1) is 30.2 Å². The molecule has 0 spiro atoms. The molecular formula is C29H30ClN9O4. The number of aromatic amines is 1. The molecule has 2 bridgehead atoms. The summed E-state index contributed by atoms with van der Waals surface area (Å²) in [7, 11) is 1.26. The topological polar surface area (TPSA) is 179 Å². The zero-order valence-corrected chi connectivity index (χ0v) is 24.0. The average Bonchev–Trinajstić information content (AvgIpc) is 3.48. The number of H-pyrrole nitrogens is 1. The first-order valence-electron chi connectivity index (χ1n) is 13.1. The molecule has 2 heterocycles. The summed E-state index contributed by atoms with van der Waals surface area (Å²) < 4.78 is 4.66. The predicted octanol–water partition coefficient (Wildman–Crippen LogP) is 4.78. The second-order valence-electron chi connectivity index (χ2n) is 9.22. The van der Waals surface area contributed by atoms with Gasteiger partial charge in [-0.05, 0) is 55.3 Å². The van der Waals surface area contributed by atoms with Crippen LogP contribution in [0.5, 0.6) is 0 Å². The molecule has 0 fully saturated rings. The number of nitrogens with zero attached hydrogens (tertiary/aromatic N) is 4. The SMILES string of the molecule is C=N/N=C\N(N)c1ccc(Cl)cc1/C=C/C(=O)N[C@H]1C/C=C/CCC(=O)Nc2cc(NC(=O)OC)ccc2-c2c[nH]c1n2. The highest BCUT2D eigenvalue weighted by molar-refractivity contribution is 6.30. The number of aromatic nitrogens is 2. The van der Waals surface area contributed by atoms with E-state index in [-0.39, 0.29) is 18.2 Å². The molecular weight excluding hydrogens is 574 g/mol. The molecule has 3 aromatic rings. The standard InChI is InChI=1S/C29H30ClN9O4/c1-32-34-17-39(31)25-12-9-19(30)14-18(25)8-13-27(41)36-22-6-4-3-5-7-26(40)37-23-15-20(35-29(42)43-2)10-11-21(23)24-16-33-28(22)38-24/h3-4,8-17,22H,1,5-7,31H2,2H3,(H,33,38)(H,35,42)(H,36,41)(H,37,40)/b4-3+,13-8+,34-17-/t22-/m0/s1. The number of allylic oxidation sites excluding steroid dienone is 1. The van der Waals surface area contributed by atoms with Crippen LogP contribution in [-0.4, -0.2) is 48.0 Å². The lowest BCUT2D eigenvalue weighted by Gasteiger charge is -2.16. The summed E-state index contributed by atoms with van der Waals surface area (Å²) in [6.07, 6.45) is 10.2. The van der Waals surface area contributed by atoms with E-state index in [2.05, 4.69) is 42.6 Å². The van der Waals surface area contributed by atoms with E-state index < -0.39 is 12.1 Å². The van der Waals surface area contributed by atoms with Crippen LogP contribution < -0.4 is 26.8 Å². The Morgan fingerprint density at radius 1 is 1.26 bits per heavy atom. The fraction of sp³-hybridized carbons (Fsp3) is 0.172. The number of nitrogens with two attached hydrogens (primary N) is 1. The molecule has 1 aromatic heterocycles. The number of hydrazine groups is 1. The van der Waals surface area contributed by atoms with Crippen molar-refractivity contribution in [2.75, 3.05) is 22.8 Å². The summed E-state index contributed by atoms with van der Waals surface area (Å²) >= 11 is 6.18. The fourth-order valence-corrected chi connectivity index (χ4v) is 4.40. The molecule has 222 valence electrons. The van der Waals surface area contributed by atoms with Gasteiger partial charge in [-0.15, -0.1) is 5.10 Å².